The summed E-state index contributed by atoms with van der Waals surface area (Å²) in [6, 6.07) is 0. The van der Waals surface area contributed by atoms with Gasteiger partial charge in [-0.1, -0.05) is 0 Å². The van der Waals surface area contributed by atoms with Gasteiger partial charge in [0.1, 0.15) is 0 Å². The highest BCUT2D eigenvalue weighted by atomic mass is 31.2. The number of nitrogens with zero attached hydrogens (tertiary/aromatic N) is 1. The molecule has 0 aliphatic carbocycles. The highest BCUT2D eigenvalue weighted by Gasteiger charge is 1.92. The van der Waals surface area contributed by atoms with Crippen LogP contribution in [0.3, 0.4) is 0 Å². The molecule has 0 radical (unpaired) electrons. The van der Waals surface area contributed by atoms with Gasteiger partial charge in [-0.2, -0.15) is 0 Å². The van der Waals surface area contributed by atoms with Gasteiger partial charge < -0.3 is 16.7 Å². The Hall–Kier alpha value is -0.320. The Morgan fingerprint density at radius 1 is 1.57 bits per heavy atom. The third kappa shape index (κ3) is 751. The van der Waals surface area contributed by atoms with Crippen LogP contribution in [0, 0.1) is 11.8 Å². The highest BCUT2D eigenvalue weighted by Crippen LogP contribution is 2.27. The molecule has 0 rings (SSSR count). The van der Waals surface area contributed by atoms with Crippen LogP contribution in [0.15, 0.2) is 0 Å². The minimum atomic E-state index is -2.64. The van der Waals surface area contributed by atoms with Gasteiger partial charge in [-0.3, -0.25) is 4.57 Å². The van der Waals surface area contributed by atoms with Crippen molar-refractivity contribution in [1.29, 1.82) is 5.26 Å². The smallest absolute Gasteiger partial charge is 0.194 e. The maximum atomic E-state index is 9.77. The van der Waals surface area contributed by atoms with E-state index in [9.17, 15) is 4.57 Å². The third-order valence-corrected chi connectivity index (χ3v) is 0. The summed E-state index contributed by atoms with van der Waals surface area (Å²) in [6.07, 6.45) is 0. The van der Waals surface area contributed by atoms with Crippen molar-refractivity contribution in [2.45, 2.75) is 0 Å². The molecule has 0 bridgehead atoms. The summed E-state index contributed by atoms with van der Waals surface area (Å²) < 4.78 is 9.77. The molecule has 0 aliphatic rings. The monoisotopic (exact) mass is 120 g/mol. The fourth-order valence-electron chi connectivity index (χ4n) is 0. The predicted molar refractivity (Wildman–Crippen MR) is 26.6 cm³/mol. The van der Waals surface area contributed by atoms with Crippen molar-refractivity contribution in [2.75, 3.05) is 13.3 Å². The van der Waals surface area contributed by atoms with Crippen molar-refractivity contribution >= 4 is 7.37 Å². The fraction of sp³-hybridized carbons (Fsp3) is 0.667. The second-order valence-electron chi connectivity index (χ2n) is 1.29. The van der Waals surface area contributed by atoms with E-state index in [0.29, 0.717) is 0 Å². The second kappa shape index (κ2) is 3.86. The standard InChI is InChI=1S/C2H7O2P.CN/c1-5(2,3)4;1-2/h1-2H3,(H,3,4);/q;-1. The van der Waals surface area contributed by atoms with Crippen molar-refractivity contribution in [2.24, 2.45) is 0 Å². The third-order valence-electron chi connectivity index (χ3n) is 0. The fourth-order valence-corrected chi connectivity index (χ4v) is 0. The molecule has 0 saturated heterocycles. The van der Waals surface area contributed by atoms with Gasteiger partial charge in [-0.15, -0.1) is 0 Å². The Morgan fingerprint density at radius 2 is 1.57 bits per heavy atom. The Bertz CT molecular complexity index is 84.1. The van der Waals surface area contributed by atoms with E-state index in [1.54, 1.807) is 0 Å². The maximum absolute atomic E-state index is 9.77. The zero-order valence-corrected chi connectivity index (χ0v) is 5.14. The van der Waals surface area contributed by atoms with Crippen molar-refractivity contribution in [3.63, 3.8) is 0 Å². The van der Waals surface area contributed by atoms with Crippen molar-refractivity contribution in [1.82, 2.24) is 0 Å². The lowest BCUT2D eigenvalue weighted by molar-refractivity contribution is 0.492. The van der Waals surface area contributed by atoms with Crippen molar-refractivity contribution < 1.29 is 9.46 Å². The van der Waals surface area contributed by atoms with E-state index in [-0.39, 0.29) is 0 Å². The molecular weight excluding hydrogens is 113 g/mol. The lowest BCUT2D eigenvalue weighted by Gasteiger charge is -1.86. The summed E-state index contributed by atoms with van der Waals surface area (Å²) in [5.41, 5.74) is 0. The predicted octanol–water partition coefficient (Wildman–Crippen LogP) is 0.613. The van der Waals surface area contributed by atoms with Crippen LogP contribution in [0.2, 0.25) is 0 Å². The molecule has 0 spiro atoms. The molecule has 0 heterocycles. The molecule has 4 heteroatoms. The first kappa shape index (κ1) is 9.84. The molecule has 0 aromatic heterocycles. The van der Waals surface area contributed by atoms with Crippen LogP contribution in [-0.2, 0) is 4.57 Å². The van der Waals surface area contributed by atoms with Gasteiger partial charge in [0.25, 0.3) is 0 Å². The molecule has 42 valence electrons. The van der Waals surface area contributed by atoms with Crippen LogP contribution in [0.1, 0.15) is 0 Å². The molecule has 7 heavy (non-hydrogen) atoms. The zero-order valence-electron chi connectivity index (χ0n) is 4.25. The minimum absolute atomic E-state index is 1.30. The summed E-state index contributed by atoms with van der Waals surface area (Å²) >= 11 is 0. The summed E-state index contributed by atoms with van der Waals surface area (Å²) in [7, 11) is -2.64. The van der Waals surface area contributed by atoms with E-state index in [2.05, 4.69) is 0 Å². The van der Waals surface area contributed by atoms with E-state index >= 15 is 0 Å². The van der Waals surface area contributed by atoms with Gasteiger partial charge in [0.2, 0.25) is 0 Å². The Kier molecular flexibility index (Phi) is 5.42. The maximum Gasteiger partial charge on any atom is 0.194 e. The van der Waals surface area contributed by atoms with Gasteiger partial charge in [-0.25, -0.2) is 0 Å². The molecule has 0 saturated carbocycles. The van der Waals surface area contributed by atoms with E-state index in [4.69, 9.17) is 16.7 Å². The summed E-state index contributed by atoms with van der Waals surface area (Å²) in [5.74, 6) is 0. The van der Waals surface area contributed by atoms with Crippen molar-refractivity contribution in [3.8, 4) is 0 Å². The number of hydrogen-bond acceptors (Lipinski definition) is 2. The summed E-state index contributed by atoms with van der Waals surface area (Å²) in [6.45, 7) is 7.35. The molecule has 0 atom stereocenters. The Balaban J connectivity index is 0. The molecular formula is C3H7NO2P-. The first-order valence-electron chi connectivity index (χ1n) is 1.50. The van der Waals surface area contributed by atoms with Crippen LogP contribution < -0.4 is 0 Å². The quantitative estimate of drug-likeness (QED) is 0.376. The molecule has 0 aromatic rings. The van der Waals surface area contributed by atoms with Crippen molar-refractivity contribution in [3.05, 3.63) is 6.57 Å². The van der Waals surface area contributed by atoms with Crippen LogP contribution in [0.4, 0.5) is 0 Å². The average molecular weight is 120 g/mol. The zero-order chi connectivity index (χ0) is 6.50. The molecule has 3 nitrogen and oxygen atoms in total. The van der Waals surface area contributed by atoms with Crippen LogP contribution in [0.5, 0.6) is 0 Å². The molecule has 0 fully saturated rings. The molecule has 0 amide bonds. The average Bonchev–Trinajstić information content (AvgIpc) is 1.36. The van der Waals surface area contributed by atoms with Gasteiger partial charge in [0, 0.05) is 13.3 Å². The lowest BCUT2D eigenvalue weighted by Crippen LogP contribution is -1.62. The first-order valence-corrected chi connectivity index (χ1v) is 4.05. The minimum Gasteiger partial charge on any atom is -0.512 e. The van der Waals surface area contributed by atoms with Crippen LogP contribution >= 0.6 is 7.37 Å². The van der Waals surface area contributed by atoms with Gasteiger partial charge >= 0.3 is 0 Å². The normalized spacial score (nSPS) is 8.71. The molecule has 1 N–H and O–H groups in total. The number of rotatable bonds is 0. The highest BCUT2D eigenvalue weighted by molar-refractivity contribution is 7.56. The van der Waals surface area contributed by atoms with Gasteiger partial charge in [0.15, 0.2) is 7.37 Å². The topological polar surface area (TPSA) is 61.1 Å². The van der Waals surface area contributed by atoms with Gasteiger partial charge in [-0.05, 0) is 0 Å². The number of hydrogen-bond donors (Lipinski definition) is 1. The lowest BCUT2D eigenvalue weighted by atomic mass is 11.9. The van der Waals surface area contributed by atoms with Crippen LogP contribution in [0.25, 0.3) is 0 Å². The molecule has 0 aromatic carbocycles. The van der Waals surface area contributed by atoms with E-state index in [0.717, 1.165) is 0 Å². The largest absolute Gasteiger partial charge is 0.512 e. The van der Waals surface area contributed by atoms with E-state index in [1.165, 1.54) is 13.3 Å². The Labute approximate surface area is 43.0 Å². The second-order valence-corrected chi connectivity index (χ2v) is 3.88. The summed E-state index contributed by atoms with van der Waals surface area (Å²) in [4.78, 5) is 8.08. The van der Waals surface area contributed by atoms with Crippen LogP contribution in [-0.4, -0.2) is 18.2 Å². The Morgan fingerprint density at radius 3 is 1.57 bits per heavy atom. The van der Waals surface area contributed by atoms with Gasteiger partial charge in [0.05, 0.1) is 0 Å². The first-order chi connectivity index (χ1) is 3.00. The van der Waals surface area contributed by atoms with E-state index < -0.39 is 7.37 Å². The summed E-state index contributed by atoms with van der Waals surface area (Å²) in [5, 5.41) is 6.25. The van der Waals surface area contributed by atoms with E-state index in [1.807, 2.05) is 0 Å². The SMILES string of the molecule is CP(C)(=O)O.[C-]#N. The molecule has 0 aliphatic heterocycles. The molecule has 0 unspecified atom stereocenters.